The first-order chi connectivity index (χ1) is 9.33. The lowest BCUT2D eigenvalue weighted by molar-refractivity contribution is 0.0643. The third-order valence-corrected chi connectivity index (χ3v) is 4.51. The summed E-state index contributed by atoms with van der Waals surface area (Å²) in [7, 11) is 0. The SMILES string of the molecule is Nc1ccccc1C1CCN(CC2CCCO2)CC1. The molecule has 2 N–H and O–H groups in total. The average molecular weight is 260 g/mol. The molecule has 2 heterocycles. The minimum Gasteiger partial charge on any atom is -0.398 e. The van der Waals surface area contributed by atoms with Gasteiger partial charge in [-0.25, -0.2) is 0 Å². The van der Waals surface area contributed by atoms with Gasteiger partial charge >= 0.3 is 0 Å². The molecule has 2 fully saturated rings. The third-order valence-electron chi connectivity index (χ3n) is 4.51. The number of benzene rings is 1. The summed E-state index contributed by atoms with van der Waals surface area (Å²) in [5.41, 5.74) is 8.39. The fraction of sp³-hybridized carbons (Fsp3) is 0.625. The summed E-state index contributed by atoms with van der Waals surface area (Å²) >= 11 is 0. The zero-order valence-electron chi connectivity index (χ0n) is 11.6. The molecule has 0 amide bonds. The molecule has 0 aromatic heterocycles. The second kappa shape index (κ2) is 5.93. The number of hydrogen-bond donors (Lipinski definition) is 1. The summed E-state index contributed by atoms with van der Waals surface area (Å²) < 4.78 is 5.72. The zero-order chi connectivity index (χ0) is 13.1. The van der Waals surface area contributed by atoms with E-state index in [1.165, 1.54) is 44.3 Å². The molecular formula is C16H24N2O. The number of nitrogens with zero attached hydrogens (tertiary/aromatic N) is 1. The highest BCUT2D eigenvalue weighted by Crippen LogP contribution is 2.31. The quantitative estimate of drug-likeness (QED) is 0.849. The Bertz CT molecular complexity index is 407. The second-order valence-electron chi connectivity index (χ2n) is 5.84. The van der Waals surface area contributed by atoms with E-state index < -0.39 is 0 Å². The van der Waals surface area contributed by atoms with Crippen LogP contribution in [0.1, 0.15) is 37.2 Å². The van der Waals surface area contributed by atoms with Crippen LogP contribution in [-0.4, -0.2) is 37.2 Å². The minimum absolute atomic E-state index is 0.485. The first kappa shape index (κ1) is 12.9. The van der Waals surface area contributed by atoms with Gasteiger partial charge < -0.3 is 15.4 Å². The van der Waals surface area contributed by atoms with Crippen molar-refractivity contribution in [2.45, 2.75) is 37.7 Å². The van der Waals surface area contributed by atoms with Crippen LogP contribution in [0.4, 0.5) is 5.69 Å². The molecule has 1 aromatic carbocycles. The lowest BCUT2D eigenvalue weighted by atomic mass is 9.88. The van der Waals surface area contributed by atoms with Crippen molar-refractivity contribution in [2.24, 2.45) is 0 Å². The van der Waals surface area contributed by atoms with Gasteiger partial charge in [-0.15, -0.1) is 0 Å². The molecular weight excluding hydrogens is 236 g/mol. The molecule has 2 saturated heterocycles. The molecule has 0 saturated carbocycles. The molecule has 19 heavy (non-hydrogen) atoms. The van der Waals surface area contributed by atoms with Gasteiger partial charge in [-0.3, -0.25) is 0 Å². The van der Waals surface area contributed by atoms with Crippen LogP contribution in [0, 0.1) is 0 Å². The summed E-state index contributed by atoms with van der Waals surface area (Å²) in [6, 6.07) is 8.33. The fourth-order valence-electron chi connectivity index (χ4n) is 3.39. The number of piperidine rings is 1. The van der Waals surface area contributed by atoms with Crippen molar-refractivity contribution in [2.75, 3.05) is 32.0 Å². The highest BCUT2D eigenvalue weighted by molar-refractivity contribution is 5.48. The maximum absolute atomic E-state index is 6.08. The van der Waals surface area contributed by atoms with Crippen LogP contribution in [-0.2, 0) is 4.74 Å². The van der Waals surface area contributed by atoms with Crippen LogP contribution in [0.15, 0.2) is 24.3 Å². The number of nitrogen functional groups attached to an aromatic ring is 1. The van der Waals surface area contributed by atoms with Crippen molar-refractivity contribution in [3.05, 3.63) is 29.8 Å². The molecule has 1 aromatic rings. The second-order valence-corrected chi connectivity index (χ2v) is 5.84. The molecule has 0 aliphatic carbocycles. The van der Waals surface area contributed by atoms with Crippen molar-refractivity contribution in [3.63, 3.8) is 0 Å². The van der Waals surface area contributed by atoms with Crippen LogP contribution in [0.3, 0.4) is 0 Å². The maximum atomic E-state index is 6.08. The monoisotopic (exact) mass is 260 g/mol. The van der Waals surface area contributed by atoms with E-state index in [-0.39, 0.29) is 0 Å². The van der Waals surface area contributed by atoms with E-state index >= 15 is 0 Å². The molecule has 3 rings (SSSR count). The van der Waals surface area contributed by atoms with E-state index in [4.69, 9.17) is 10.5 Å². The van der Waals surface area contributed by atoms with E-state index in [1.54, 1.807) is 0 Å². The number of hydrogen-bond acceptors (Lipinski definition) is 3. The summed E-state index contributed by atoms with van der Waals surface area (Å²) in [5, 5.41) is 0. The van der Waals surface area contributed by atoms with Gasteiger partial charge in [-0.05, 0) is 56.3 Å². The van der Waals surface area contributed by atoms with Gasteiger partial charge in [0.1, 0.15) is 0 Å². The lowest BCUT2D eigenvalue weighted by Gasteiger charge is -2.33. The average Bonchev–Trinajstić information content (AvgIpc) is 2.93. The molecule has 2 aliphatic heterocycles. The number of anilines is 1. The van der Waals surface area contributed by atoms with Crippen LogP contribution in [0.25, 0.3) is 0 Å². The van der Waals surface area contributed by atoms with Crippen LogP contribution in [0.2, 0.25) is 0 Å². The topological polar surface area (TPSA) is 38.5 Å². The molecule has 0 spiro atoms. The number of nitrogens with two attached hydrogens (primary N) is 1. The van der Waals surface area contributed by atoms with Crippen molar-refractivity contribution >= 4 is 5.69 Å². The van der Waals surface area contributed by atoms with Gasteiger partial charge in [0, 0.05) is 18.8 Å². The Labute approximate surface area is 115 Å². The van der Waals surface area contributed by atoms with Gasteiger partial charge in [0.2, 0.25) is 0 Å². The smallest absolute Gasteiger partial charge is 0.0702 e. The van der Waals surface area contributed by atoms with E-state index in [2.05, 4.69) is 17.0 Å². The van der Waals surface area contributed by atoms with E-state index in [0.717, 1.165) is 18.8 Å². The molecule has 3 heteroatoms. The normalized spacial score (nSPS) is 25.8. The fourth-order valence-corrected chi connectivity index (χ4v) is 3.39. The van der Waals surface area contributed by atoms with Crippen LogP contribution < -0.4 is 5.73 Å². The zero-order valence-corrected chi connectivity index (χ0v) is 11.6. The molecule has 3 nitrogen and oxygen atoms in total. The van der Waals surface area contributed by atoms with Gasteiger partial charge in [-0.1, -0.05) is 18.2 Å². The maximum Gasteiger partial charge on any atom is 0.0702 e. The predicted octanol–water partition coefficient (Wildman–Crippen LogP) is 2.63. The first-order valence-corrected chi connectivity index (χ1v) is 7.51. The Kier molecular flexibility index (Phi) is 4.04. The van der Waals surface area contributed by atoms with Gasteiger partial charge in [0.05, 0.1) is 6.10 Å². The Morgan fingerprint density at radius 3 is 2.63 bits per heavy atom. The first-order valence-electron chi connectivity index (χ1n) is 7.51. The van der Waals surface area contributed by atoms with Gasteiger partial charge in [-0.2, -0.15) is 0 Å². The van der Waals surface area contributed by atoms with Crippen molar-refractivity contribution in [1.82, 2.24) is 4.90 Å². The molecule has 1 unspecified atom stereocenters. The Hall–Kier alpha value is -1.06. The summed E-state index contributed by atoms with van der Waals surface area (Å²) in [6.45, 7) is 4.44. The largest absolute Gasteiger partial charge is 0.398 e. The molecule has 1 atom stereocenters. The third kappa shape index (κ3) is 3.10. The molecule has 104 valence electrons. The van der Waals surface area contributed by atoms with Crippen molar-refractivity contribution < 1.29 is 4.74 Å². The van der Waals surface area contributed by atoms with Crippen molar-refractivity contribution in [1.29, 1.82) is 0 Å². The Morgan fingerprint density at radius 2 is 1.95 bits per heavy atom. The van der Waals surface area contributed by atoms with E-state index in [1.807, 2.05) is 12.1 Å². The number of para-hydroxylation sites is 1. The number of likely N-dealkylation sites (tertiary alicyclic amines) is 1. The van der Waals surface area contributed by atoms with Crippen LogP contribution in [0.5, 0.6) is 0 Å². The summed E-state index contributed by atoms with van der Waals surface area (Å²) in [4.78, 5) is 2.56. The Balaban J connectivity index is 1.53. The molecule has 2 aliphatic rings. The summed E-state index contributed by atoms with van der Waals surface area (Å²) in [5.74, 6) is 0.641. The van der Waals surface area contributed by atoms with E-state index in [9.17, 15) is 0 Å². The minimum atomic E-state index is 0.485. The van der Waals surface area contributed by atoms with Gasteiger partial charge in [0.25, 0.3) is 0 Å². The Morgan fingerprint density at radius 1 is 1.16 bits per heavy atom. The predicted molar refractivity (Wildman–Crippen MR) is 78.2 cm³/mol. The highest BCUT2D eigenvalue weighted by Gasteiger charge is 2.25. The van der Waals surface area contributed by atoms with Crippen LogP contribution >= 0.6 is 0 Å². The number of ether oxygens (including phenoxy) is 1. The standard InChI is InChI=1S/C16H24N2O/c17-16-6-2-1-5-15(16)13-7-9-18(10-8-13)12-14-4-3-11-19-14/h1-2,5-6,13-14H,3-4,7-12,17H2. The van der Waals surface area contributed by atoms with E-state index in [0.29, 0.717) is 12.0 Å². The molecule has 0 radical (unpaired) electrons. The molecule has 0 bridgehead atoms. The lowest BCUT2D eigenvalue weighted by Crippen LogP contribution is -2.38. The highest BCUT2D eigenvalue weighted by atomic mass is 16.5. The summed E-state index contributed by atoms with van der Waals surface area (Å²) in [6.07, 6.45) is 5.41. The van der Waals surface area contributed by atoms with Crippen molar-refractivity contribution in [3.8, 4) is 0 Å². The number of rotatable bonds is 3. The van der Waals surface area contributed by atoms with Gasteiger partial charge in [0.15, 0.2) is 0 Å².